The van der Waals surface area contributed by atoms with Crippen LogP contribution in [0, 0.1) is 0 Å². The molecule has 1 aromatic heterocycles. The van der Waals surface area contributed by atoms with Gasteiger partial charge in [-0.15, -0.1) is 0 Å². The number of aromatic nitrogens is 1. The first-order valence-electron chi connectivity index (χ1n) is 8.75. The number of hydrogen-bond donors (Lipinski definition) is 3. The molecular formula is C19H21F3N4O3. The Bertz CT molecular complexity index is 915. The van der Waals surface area contributed by atoms with Gasteiger partial charge in [-0.25, -0.2) is 9.78 Å². The number of rotatable bonds is 3. The zero-order valence-electron chi connectivity index (χ0n) is 15.6. The number of hydrogen-bond acceptors (Lipinski definition) is 5. The SMILES string of the molecule is CC=CC(=O)Nc1ccc2c(N3CCC(N)C3)nccc2c1.O=C(O)C(F)(F)F. The van der Waals surface area contributed by atoms with Crippen LogP contribution in [0.15, 0.2) is 42.6 Å². The fraction of sp³-hybridized carbons (Fsp3) is 0.316. The summed E-state index contributed by atoms with van der Waals surface area (Å²) in [6.45, 7) is 3.59. The maximum Gasteiger partial charge on any atom is 0.490 e. The lowest BCUT2D eigenvalue weighted by Gasteiger charge is -2.19. The smallest absolute Gasteiger partial charge is 0.475 e. The van der Waals surface area contributed by atoms with E-state index in [0.29, 0.717) is 0 Å². The molecule has 1 fully saturated rings. The van der Waals surface area contributed by atoms with Crippen molar-refractivity contribution in [2.24, 2.45) is 5.73 Å². The molecule has 1 aromatic carbocycles. The van der Waals surface area contributed by atoms with Crippen molar-refractivity contribution in [3.05, 3.63) is 42.6 Å². The second kappa shape index (κ2) is 9.37. The molecule has 0 aliphatic carbocycles. The van der Waals surface area contributed by atoms with Crippen LogP contribution < -0.4 is 16.0 Å². The molecule has 3 rings (SSSR count). The summed E-state index contributed by atoms with van der Waals surface area (Å²) < 4.78 is 31.7. The minimum absolute atomic E-state index is 0.123. The molecular weight excluding hydrogens is 389 g/mol. The number of aliphatic carboxylic acids is 1. The highest BCUT2D eigenvalue weighted by atomic mass is 19.4. The second-order valence-corrected chi connectivity index (χ2v) is 6.36. The number of carbonyl (C=O) groups is 2. The predicted octanol–water partition coefficient (Wildman–Crippen LogP) is 2.92. The number of halogens is 3. The van der Waals surface area contributed by atoms with Crippen molar-refractivity contribution in [3.8, 4) is 0 Å². The van der Waals surface area contributed by atoms with Crippen molar-refractivity contribution in [1.29, 1.82) is 0 Å². The van der Waals surface area contributed by atoms with Gasteiger partial charge in [0.25, 0.3) is 0 Å². The molecule has 1 atom stereocenters. The van der Waals surface area contributed by atoms with E-state index in [4.69, 9.17) is 15.6 Å². The summed E-state index contributed by atoms with van der Waals surface area (Å²) in [5.74, 6) is -1.91. The van der Waals surface area contributed by atoms with E-state index in [1.165, 1.54) is 6.08 Å². The van der Waals surface area contributed by atoms with Crippen LogP contribution >= 0.6 is 0 Å². The van der Waals surface area contributed by atoms with Crippen molar-refractivity contribution >= 4 is 34.2 Å². The number of anilines is 2. The molecule has 1 unspecified atom stereocenters. The molecule has 0 spiro atoms. The van der Waals surface area contributed by atoms with Gasteiger partial charge in [-0.1, -0.05) is 6.08 Å². The number of carboxylic acid groups (broad SMARTS) is 1. The van der Waals surface area contributed by atoms with Gasteiger partial charge in [0.1, 0.15) is 5.82 Å². The van der Waals surface area contributed by atoms with Gasteiger partial charge in [-0.05, 0) is 49.1 Å². The quantitative estimate of drug-likeness (QED) is 0.672. The van der Waals surface area contributed by atoms with E-state index < -0.39 is 12.1 Å². The second-order valence-electron chi connectivity index (χ2n) is 6.36. The van der Waals surface area contributed by atoms with Gasteiger partial charge in [0.05, 0.1) is 0 Å². The number of allylic oxidation sites excluding steroid dienone is 1. The lowest BCUT2D eigenvalue weighted by Crippen LogP contribution is -2.26. The number of benzene rings is 1. The highest BCUT2D eigenvalue weighted by Gasteiger charge is 2.38. The Hall–Kier alpha value is -3.14. The minimum atomic E-state index is -5.08. The summed E-state index contributed by atoms with van der Waals surface area (Å²) in [5.41, 5.74) is 6.77. The number of nitrogens with two attached hydrogens (primary N) is 1. The van der Waals surface area contributed by atoms with E-state index in [2.05, 4.69) is 15.2 Å². The zero-order valence-corrected chi connectivity index (χ0v) is 15.6. The van der Waals surface area contributed by atoms with E-state index in [-0.39, 0.29) is 11.9 Å². The Labute approximate surface area is 165 Å². The Morgan fingerprint density at radius 2 is 2.03 bits per heavy atom. The lowest BCUT2D eigenvalue weighted by atomic mass is 10.1. The number of nitrogens with one attached hydrogen (secondary N) is 1. The van der Waals surface area contributed by atoms with Gasteiger partial charge in [0.2, 0.25) is 5.91 Å². The molecule has 0 saturated carbocycles. The number of carboxylic acids is 1. The molecule has 2 aromatic rings. The van der Waals surface area contributed by atoms with Gasteiger partial charge in [-0.3, -0.25) is 4.79 Å². The van der Waals surface area contributed by atoms with E-state index in [9.17, 15) is 18.0 Å². The van der Waals surface area contributed by atoms with Crippen molar-refractivity contribution in [3.63, 3.8) is 0 Å². The fourth-order valence-corrected chi connectivity index (χ4v) is 2.81. The number of amides is 1. The third-order valence-corrected chi connectivity index (χ3v) is 4.10. The Morgan fingerprint density at radius 3 is 2.59 bits per heavy atom. The number of carbonyl (C=O) groups excluding carboxylic acids is 1. The highest BCUT2D eigenvalue weighted by Crippen LogP contribution is 2.28. The van der Waals surface area contributed by atoms with Crippen molar-refractivity contribution in [2.75, 3.05) is 23.3 Å². The van der Waals surface area contributed by atoms with Gasteiger partial charge in [-0.2, -0.15) is 13.2 Å². The Kier molecular flexibility index (Phi) is 7.16. The molecule has 4 N–H and O–H groups in total. The molecule has 1 amide bonds. The van der Waals surface area contributed by atoms with E-state index in [1.807, 2.05) is 31.2 Å². The number of nitrogens with zero attached hydrogens (tertiary/aromatic N) is 2. The molecule has 0 radical (unpaired) electrons. The van der Waals surface area contributed by atoms with Crippen LogP contribution in [0.5, 0.6) is 0 Å². The van der Waals surface area contributed by atoms with E-state index in [0.717, 1.165) is 41.8 Å². The van der Waals surface area contributed by atoms with Crippen LogP contribution in [0.3, 0.4) is 0 Å². The third-order valence-electron chi connectivity index (χ3n) is 4.10. The summed E-state index contributed by atoms with van der Waals surface area (Å²) >= 11 is 0. The largest absolute Gasteiger partial charge is 0.490 e. The van der Waals surface area contributed by atoms with Crippen LogP contribution in [-0.2, 0) is 9.59 Å². The minimum Gasteiger partial charge on any atom is -0.475 e. The molecule has 1 saturated heterocycles. The standard InChI is InChI=1S/C17H20N4O.C2HF3O2/c1-2-3-16(22)20-14-4-5-15-12(10-14)6-8-19-17(15)21-9-7-13(18)11-21;3-2(4,5)1(6)7/h2-6,8,10,13H,7,9,11,18H2,1H3,(H,20,22);(H,6,7). The van der Waals surface area contributed by atoms with Crippen LogP contribution in [-0.4, -0.2) is 47.3 Å². The average Bonchev–Trinajstić information content (AvgIpc) is 3.07. The van der Waals surface area contributed by atoms with Crippen LogP contribution in [0.1, 0.15) is 13.3 Å². The van der Waals surface area contributed by atoms with Gasteiger partial charge >= 0.3 is 12.1 Å². The molecule has 7 nitrogen and oxygen atoms in total. The molecule has 156 valence electrons. The highest BCUT2D eigenvalue weighted by molar-refractivity contribution is 6.02. The fourth-order valence-electron chi connectivity index (χ4n) is 2.81. The summed E-state index contributed by atoms with van der Waals surface area (Å²) in [6.07, 6.45) is 0.942. The first-order chi connectivity index (χ1) is 13.6. The summed E-state index contributed by atoms with van der Waals surface area (Å²) in [4.78, 5) is 27.3. The monoisotopic (exact) mass is 410 g/mol. The summed E-state index contributed by atoms with van der Waals surface area (Å²) in [7, 11) is 0. The van der Waals surface area contributed by atoms with Crippen LogP contribution in [0.25, 0.3) is 10.8 Å². The van der Waals surface area contributed by atoms with Gasteiger partial charge in [0.15, 0.2) is 0 Å². The molecule has 2 heterocycles. The third kappa shape index (κ3) is 6.18. The lowest BCUT2D eigenvalue weighted by molar-refractivity contribution is -0.192. The number of pyridine rings is 1. The van der Waals surface area contributed by atoms with E-state index >= 15 is 0 Å². The van der Waals surface area contributed by atoms with Crippen molar-refractivity contribution in [2.45, 2.75) is 25.6 Å². The number of alkyl halides is 3. The van der Waals surface area contributed by atoms with Gasteiger partial charge in [0, 0.05) is 36.4 Å². The van der Waals surface area contributed by atoms with Crippen LogP contribution in [0.2, 0.25) is 0 Å². The van der Waals surface area contributed by atoms with Gasteiger partial charge < -0.3 is 21.1 Å². The first-order valence-corrected chi connectivity index (χ1v) is 8.75. The normalized spacial score (nSPS) is 16.6. The van der Waals surface area contributed by atoms with E-state index in [1.54, 1.807) is 12.3 Å². The molecule has 29 heavy (non-hydrogen) atoms. The Balaban J connectivity index is 0.000000370. The van der Waals surface area contributed by atoms with Crippen LogP contribution in [0.4, 0.5) is 24.7 Å². The average molecular weight is 410 g/mol. The maximum absolute atomic E-state index is 11.6. The van der Waals surface area contributed by atoms with Crippen molar-refractivity contribution in [1.82, 2.24) is 4.98 Å². The summed E-state index contributed by atoms with van der Waals surface area (Å²) in [5, 5.41) is 12.1. The summed E-state index contributed by atoms with van der Waals surface area (Å²) in [6, 6.07) is 8.06. The molecule has 1 aliphatic heterocycles. The predicted molar refractivity (Wildman–Crippen MR) is 104 cm³/mol. The molecule has 10 heteroatoms. The van der Waals surface area contributed by atoms with Crippen molar-refractivity contribution < 1.29 is 27.9 Å². The Morgan fingerprint density at radius 1 is 1.34 bits per heavy atom. The number of fused-ring (bicyclic) bond motifs is 1. The zero-order chi connectivity index (χ0) is 21.6. The topological polar surface area (TPSA) is 109 Å². The molecule has 0 bridgehead atoms. The first kappa shape index (κ1) is 22.2. The molecule has 1 aliphatic rings. The maximum atomic E-state index is 11.6.